The summed E-state index contributed by atoms with van der Waals surface area (Å²) in [7, 11) is 0. The van der Waals surface area contributed by atoms with Gasteiger partial charge in [0.05, 0.1) is 5.69 Å². The monoisotopic (exact) mass is 434 g/mol. The smallest absolute Gasteiger partial charge is 0.413 e. The van der Waals surface area contributed by atoms with Crippen LogP contribution in [0.2, 0.25) is 0 Å². The average Bonchev–Trinajstić information content (AvgIpc) is 3.50. The van der Waals surface area contributed by atoms with Gasteiger partial charge in [0.25, 0.3) is 0 Å². The number of anilines is 1. The molecule has 0 spiro atoms. The Morgan fingerprint density at radius 3 is 2.26 bits per heavy atom. The number of fused-ring (bicyclic) bond motifs is 3. The fraction of sp³-hybridized carbons (Fsp3) is 0.292. The topological polar surface area (TPSA) is 88.5 Å². The Labute approximate surface area is 183 Å². The number of nitrogens with zero attached hydrogens (tertiary/aromatic N) is 1. The summed E-state index contributed by atoms with van der Waals surface area (Å²) in [6.07, 6.45) is 3.42. The summed E-state index contributed by atoms with van der Waals surface area (Å²) in [4.78, 5) is 28.8. The van der Waals surface area contributed by atoms with Crippen molar-refractivity contribution in [1.29, 1.82) is 0 Å². The van der Waals surface area contributed by atoms with Crippen molar-refractivity contribution >= 4 is 28.5 Å². The third-order valence-electron chi connectivity index (χ3n) is 6.14. The Morgan fingerprint density at radius 2 is 1.65 bits per heavy atom. The third-order valence-corrected chi connectivity index (χ3v) is 7.12. The largest absolute Gasteiger partial charge is 0.477 e. The molecule has 1 heterocycles. The van der Waals surface area contributed by atoms with Crippen molar-refractivity contribution in [3.05, 3.63) is 70.2 Å². The van der Waals surface area contributed by atoms with Crippen LogP contribution in [-0.2, 0) is 4.74 Å². The molecule has 2 aliphatic rings. The number of amides is 1. The van der Waals surface area contributed by atoms with E-state index in [9.17, 15) is 14.7 Å². The van der Waals surface area contributed by atoms with Crippen LogP contribution in [-0.4, -0.2) is 28.8 Å². The molecule has 0 saturated heterocycles. The van der Waals surface area contributed by atoms with Crippen LogP contribution in [0.1, 0.15) is 64.0 Å². The van der Waals surface area contributed by atoms with Crippen LogP contribution in [0.3, 0.4) is 0 Å². The van der Waals surface area contributed by atoms with Crippen molar-refractivity contribution in [3.8, 4) is 11.1 Å². The lowest BCUT2D eigenvalue weighted by Gasteiger charge is -2.14. The Balaban J connectivity index is 1.30. The van der Waals surface area contributed by atoms with Crippen LogP contribution in [0.5, 0.6) is 0 Å². The average molecular weight is 435 g/mol. The Kier molecular flexibility index (Phi) is 5.19. The number of aromatic nitrogens is 1. The first-order valence-electron chi connectivity index (χ1n) is 10.5. The molecule has 0 atom stereocenters. The van der Waals surface area contributed by atoms with Gasteiger partial charge in [0.15, 0.2) is 5.13 Å². The van der Waals surface area contributed by atoms with Crippen molar-refractivity contribution in [2.75, 3.05) is 11.9 Å². The number of hydrogen-bond donors (Lipinski definition) is 2. The summed E-state index contributed by atoms with van der Waals surface area (Å²) in [5.41, 5.74) is 5.20. The number of carboxylic acid groups (broad SMARTS) is 1. The number of carbonyl (C=O) groups excluding carboxylic acids is 1. The molecule has 158 valence electrons. The van der Waals surface area contributed by atoms with Gasteiger partial charge in [-0.05, 0) is 35.1 Å². The molecule has 0 bridgehead atoms. The molecule has 0 unspecified atom stereocenters. The van der Waals surface area contributed by atoms with Crippen LogP contribution in [0.25, 0.3) is 11.1 Å². The van der Waals surface area contributed by atoms with Gasteiger partial charge in [-0.2, -0.15) is 0 Å². The normalized spacial score (nSPS) is 15.5. The maximum Gasteiger partial charge on any atom is 0.413 e. The second-order valence-electron chi connectivity index (χ2n) is 7.97. The van der Waals surface area contributed by atoms with Gasteiger partial charge in [0.1, 0.15) is 11.5 Å². The lowest BCUT2D eigenvalue weighted by atomic mass is 9.98. The van der Waals surface area contributed by atoms with Crippen molar-refractivity contribution in [1.82, 2.24) is 4.98 Å². The molecule has 1 saturated carbocycles. The van der Waals surface area contributed by atoms with E-state index in [0.29, 0.717) is 5.69 Å². The Morgan fingerprint density at radius 1 is 1.03 bits per heavy atom. The highest BCUT2D eigenvalue weighted by atomic mass is 32.1. The number of ether oxygens (including phenoxy) is 1. The first-order chi connectivity index (χ1) is 15.1. The first-order valence-corrected chi connectivity index (χ1v) is 11.3. The van der Waals surface area contributed by atoms with Crippen molar-refractivity contribution in [3.63, 3.8) is 0 Å². The van der Waals surface area contributed by atoms with Gasteiger partial charge in [-0.15, -0.1) is 0 Å². The maximum atomic E-state index is 12.5. The molecular formula is C24H22N2O4S. The van der Waals surface area contributed by atoms with Gasteiger partial charge < -0.3 is 9.84 Å². The molecule has 2 N–H and O–H groups in total. The molecule has 5 rings (SSSR count). The highest BCUT2D eigenvalue weighted by Crippen LogP contribution is 2.44. The predicted molar refractivity (Wildman–Crippen MR) is 119 cm³/mol. The lowest BCUT2D eigenvalue weighted by Crippen LogP contribution is -2.17. The zero-order valence-corrected chi connectivity index (χ0v) is 17.7. The second-order valence-corrected chi connectivity index (χ2v) is 8.97. The standard InChI is InChI=1S/C24H22N2O4S/c27-22(28)21-20(14-7-1-2-8-14)25-23(31-21)26-24(29)30-13-19-17-11-5-3-9-15(17)16-10-4-6-12-18(16)19/h3-6,9-12,14,19H,1-2,7-8,13H2,(H,27,28)(H,25,26,29). The maximum absolute atomic E-state index is 12.5. The van der Waals surface area contributed by atoms with Crippen molar-refractivity contribution < 1.29 is 19.4 Å². The van der Waals surface area contributed by atoms with Gasteiger partial charge in [-0.25, -0.2) is 14.6 Å². The van der Waals surface area contributed by atoms with E-state index in [0.717, 1.165) is 48.1 Å². The number of benzene rings is 2. The number of carboxylic acids is 1. The number of nitrogens with one attached hydrogen (secondary N) is 1. The highest BCUT2D eigenvalue weighted by molar-refractivity contribution is 7.17. The minimum Gasteiger partial charge on any atom is -0.477 e. The van der Waals surface area contributed by atoms with Crippen LogP contribution >= 0.6 is 11.3 Å². The Hall–Kier alpha value is -3.19. The highest BCUT2D eigenvalue weighted by Gasteiger charge is 2.30. The van der Waals surface area contributed by atoms with E-state index >= 15 is 0 Å². The second kappa shape index (κ2) is 8.15. The number of thiazole rings is 1. The molecule has 3 aromatic rings. The molecule has 2 aromatic carbocycles. The van der Waals surface area contributed by atoms with Crippen molar-refractivity contribution in [2.45, 2.75) is 37.5 Å². The molecule has 1 fully saturated rings. The summed E-state index contributed by atoms with van der Waals surface area (Å²) >= 11 is 0.995. The summed E-state index contributed by atoms with van der Waals surface area (Å²) in [6, 6.07) is 16.3. The first kappa shape index (κ1) is 19.8. The third kappa shape index (κ3) is 3.70. The lowest BCUT2D eigenvalue weighted by molar-refractivity contribution is 0.0700. The van der Waals surface area contributed by atoms with Crippen LogP contribution in [0.4, 0.5) is 9.93 Å². The van der Waals surface area contributed by atoms with E-state index in [2.05, 4.69) is 34.6 Å². The molecule has 0 aliphatic heterocycles. The predicted octanol–water partition coefficient (Wildman–Crippen LogP) is 5.86. The SMILES string of the molecule is O=C(Nc1nc(C2CCCC2)c(C(=O)O)s1)OCC1c2ccccc2-c2ccccc21. The van der Waals surface area contributed by atoms with Crippen LogP contribution < -0.4 is 5.32 Å². The van der Waals surface area contributed by atoms with Gasteiger partial charge in [-0.1, -0.05) is 72.7 Å². The summed E-state index contributed by atoms with van der Waals surface area (Å²) in [6.45, 7) is 0.201. The number of hydrogen-bond acceptors (Lipinski definition) is 5. The van der Waals surface area contributed by atoms with E-state index in [-0.39, 0.29) is 28.5 Å². The molecule has 7 heteroatoms. The van der Waals surface area contributed by atoms with Gasteiger partial charge in [0.2, 0.25) is 0 Å². The van der Waals surface area contributed by atoms with Gasteiger partial charge >= 0.3 is 12.1 Å². The summed E-state index contributed by atoms with van der Waals surface area (Å²) in [5, 5.41) is 12.4. The van der Waals surface area contributed by atoms with E-state index < -0.39 is 12.1 Å². The molecule has 2 aliphatic carbocycles. The zero-order chi connectivity index (χ0) is 21.4. The molecule has 6 nitrogen and oxygen atoms in total. The minimum atomic E-state index is -1.00. The molecule has 1 aromatic heterocycles. The number of rotatable bonds is 5. The fourth-order valence-electron chi connectivity index (χ4n) is 4.74. The molecular weight excluding hydrogens is 412 g/mol. The quantitative estimate of drug-likeness (QED) is 0.525. The molecule has 31 heavy (non-hydrogen) atoms. The summed E-state index contributed by atoms with van der Waals surface area (Å²) in [5.74, 6) is -0.876. The molecule has 0 radical (unpaired) electrons. The van der Waals surface area contributed by atoms with Crippen LogP contribution in [0.15, 0.2) is 48.5 Å². The van der Waals surface area contributed by atoms with Crippen molar-refractivity contribution in [2.24, 2.45) is 0 Å². The van der Waals surface area contributed by atoms with E-state index in [1.54, 1.807) is 0 Å². The van der Waals surface area contributed by atoms with E-state index in [1.807, 2.05) is 24.3 Å². The fourth-order valence-corrected chi connectivity index (χ4v) is 5.61. The summed E-state index contributed by atoms with van der Waals surface area (Å²) < 4.78 is 5.55. The van der Waals surface area contributed by atoms with Gasteiger partial charge in [0, 0.05) is 11.8 Å². The van der Waals surface area contributed by atoms with Crippen LogP contribution in [0, 0.1) is 0 Å². The van der Waals surface area contributed by atoms with E-state index in [1.165, 1.54) is 11.1 Å². The molecule has 1 amide bonds. The number of aromatic carboxylic acids is 1. The minimum absolute atomic E-state index is 0.0296. The zero-order valence-electron chi connectivity index (χ0n) is 16.8. The Bertz CT molecular complexity index is 1100. The number of carbonyl (C=O) groups is 2. The van der Waals surface area contributed by atoms with E-state index in [4.69, 9.17) is 4.74 Å². The van der Waals surface area contributed by atoms with Gasteiger partial charge in [-0.3, -0.25) is 5.32 Å².